The molecule has 2 nitrogen and oxygen atoms in total. The van der Waals surface area contributed by atoms with E-state index in [4.69, 9.17) is 5.73 Å². The topological polar surface area (TPSA) is 38.9 Å². The third kappa shape index (κ3) is 1.70. The Morgan fingerprint density at radius 2 is 2.07 bits per heavy atom. The molecule has 2 aromatic rings. The molecule has 5 heteroatoms. The number of rotatable bonds is 1. The molecule has 0 aliphatic heterocycles. The molecule has 0 amide bonds. The zero-order chi connectivity index (χ0) is 11.0. The van der Waals surface area contributed by atoms with Crippen LogP contribution in [0.4, 0.5) is 14.5 Å². The number of hydrogen-bond donors (Lipinski definition) is 1. The van der Waals surface area contributed by atoms with Crippen LogP contribution in [0, 0.1) is 18.6 Å². The molecule has 2 rings (SSSR count). The smallest absolute Gasteiger partial charge is 0.157 e. The number of halogens is 2. The van der Waals surface area contributed by atoms with E-state index >= 15 is 0 Å². The molecular weight excluding hydrogens is 218 g/mol. The summed E-state index contributed by atoms with van der Waals surface area (Å²) in [5.74, 6) is -1.46. The molecule has 2 N–H and O–H groups in total. The zero-order valence-electron chi connectivity index (χ0n) is 7.92. The van der Waals surface area contributed by atoms with Crippen molar-refractivity contribution in [1.29, 1.82) is 0 Å². The molecule has 15 heavy (non-hydrogen) atoms. The predicted octanol–water partition coefficient (Wildman–Crippen LogP) is 2.98. The molecule has 0 atom stereocenters. The fourth-order valence-corrected chi connectivity index (χ4v) is 2.02. The summed E-state index contributed by atoms with van der Waals surface area (Å²) in [6.45, 7) is 1.81. The highest BCUT2D eigenvalue weighted by Crippen LogP contribution is 2.30. The van der Waals surface area contributed by atoms with Gasteiger partial charge in [0.05, 0.1) is 10.6 Å². The summed E-state index contributed by atoms with van der Waals surface area (Å²) in [6.07, 6.45) is 0. The van der Waals surface area contributed by atoms with Gasteiger partial charge in [-0.25, -0.2) is 8.78 Å². The van der Waals surface area contributed by atoms with Crippen LogP contribution in [0.2, 0.25) is 0 Å². The number of benzene rings is 1. The van der Waals surface area contributed by atoms with Crippen LogP contribution in [0.1, 0.15) is 5.69 Å². The first-order valence-corrected chi connectivity index (χ1v) is 5.04. The van der Waals surface area contributed by atoms with Gasteiger partial charge in [0.25, 0.3) is 0 Å². The van der Waals surface area contributed by atoms with Crippen molar-refractivity contribution in [2.45, 2.75) is 6.92 Å². The van der Waals surface area contributed by atoms with Gasteiger partial charge in [0.2, 0.25) is 0 Å². The number of hydrogen-bond acceptors (Lipinski definition) is 3. The second-order valence-corrected chi connectivity index (χ2v) is 3.96. The maximum absolute atomic E-state index is 13.6. The third-order valence-corrected chi connectivity index (χ3v) is 2.93. The average molecular weight is 226 g/mol. The summed E-state index contributed by atoms with van der Waals surface area (Å²) in [7, 11) is 0. The van der Waals surface area contributed by atoms with E-state index in [1.165, 1.54) is 6.07 Å². The highest BCUT2D eigenvalue weighted by molar-refractivity contribution is 7.09. The molecule has 0 fully saturated rings. The summed E-state index contributed by atoms with van der Waals surface area (Å²) in [4.78, 5) is 0.650. The molecular formula is C10H8F2N2S. The van der Waals surface area contributed by atoms with Gasteiger partial charge in [-0.3, -0.25) is 0 Å². The largest absolute Gasteiger partial charge is 0.394 e. The zero-order valence-corrected chi connectivity index (χ0v) is 8.74. The number of nitrogens with two attached hydrogens (primary N) is 1. The number of aromatic nitrogens is 1. The molecule has 0 unspecified atom stereocenters. The van der Waals surface area contributed by atoms with E-state index < -0.39 is 17.3 Å². The monoisotopic (exact) mass is 226 g/mol. The third-order valence-electron chi connectivity index (χ3n) is 2.02. The van der Waals surface area contributed by atoms with Gasteiger partial charge >= 0.3 is 0 Å². The fraction of sp³-hybridized carbons (Fsp3) is 0.100. The Morgan fingerprint density at radius 3 is 2.67 bits per heavy atom. The molecule has 0 aliphatic rings. The van der Waals surface area contributed by atoms with Gasteiger partial charge in [0.15, 0.2) is 5.82 Å². The molecule has 0 radical (unpaired) electrons. The maximum atomic E-state index is 13.6. The van der Waals surface area contributed by atoms with Gasteiger partial charge in [0.1, 0.15) is 11.5 Å². The van der Waals surface area contributed by atoms with Crippen LogP contribution >= 0.6 is 11.5 Å². The Bertz CT molecular complexity index is 508. The van der Waals surface area contributed by atoms with Crippen molar-refractivity contribution in [3.05, 3.63) is 35.5 Å². The van der Waals surface area contributed by atoms with Crippen molar-refractivity contribution < 1.29 is 8.78 Å². The first kappa shape index (κ1) is 10.0. The van der Waals surface area contributed by atoms with Gasteiger partial charge in [-0.05, 0) is 36.7 Å². The second-order valence-electron chi connectivity index (χ2n) is 3.16. The molecule has 0 saturated heterocycles. The van der Waals surface area contributed by atoms with Crippen LogP contribution in [0.15, 0.2) is 18.2 Å². The van der Waals surface area contributed by atoms with Crippen molar-refractivity contribution in [2.24, 2.45) is 0 Å². The van der Waals surface area contributed by atoms with Crippen LogP contribution < -0.4 is 5.73 Å². The van der Waals surface area contributed by atoms with E-state index in [0.717, 1.165) is 23.3 Å². The molecule has 0 bridgehead atoms. The highest BCUT2D eigenvalue weighted by Gasteiger charge is 2.13. The Morgan fingerprint density at radius 1 is 1.33 bits per heavy atom. The normalized spacial score (nSPS) is 10.6. The average Bonchev–Trinajstić information content (AvgIpc) is 2.61. The van der Waals surface area contributed by atoms with Crippen molar-refractivity contribution >= 4 is 17.2 Å². The fourth-order valence-electron chi connectivity index (χ4n) is 1.25. The minimum atomic E-state index is -0.738. The standard InChI is InChI=1S/C10H8F2N2S/c1-5-4-8(15-14-5)6-2-3-7(11)10(13)9(6)12/h2-4H,13H2,1H3. The van der Waals surface area contributed by atoms with E-state index in [1.54, 1.807) is 6.07 Å². The van der Waals surface area contributed by atoms with Crippen molar-refractivity contribution in [1.82, 2.24) is 4.37 Å². The lowest BCUT2D eigenvalue weighted by Gasteiger charge is -2.03. The minimum absolute atomic E-state index is 0.291. The van der Waals surface area contributed by atoms with E-state index in [0.29, 0.717) is 10.4 Å². The van der Waals surface area contributed by atoms with Gasteiger partial charge in [0, 0.05) is 5.56 Å². The highest BCUT2D eigenvalue weighted by atomic mass is 32.1. The Balaban J connectivity index is 2.59. The molecule has 78 valence electrons. The molecule has 1 aromatic carbocycles. The minimum Gasteiger partial charge on any atom is -0.394 e. The van der Waals surface area contributed by atoms with Crippen molar-refractivity contribution in [3.63, 3.8) is 0 Å². The summed E-state index contributed by atoms with van der Waals surface area (Å²) < 4.78 is 30.5. The van der Waals surface area contributed by atoms with E-state index in [2.05, 4.69) is 4.37 Å². The number of nitrogens with zero attached hydrogens (tertiary/aromatic N) is 1. The summed E-state index contributed by atoms with van der Waals surface area (Å²) in [5.41, 5.74) is 5.91. The first-order chi connectivity index (χ1) is 7.09. The van der Waals surface area contributed by atoms with Crippen LogP contribution in [0.25, 0.3) is 10.4 Å². The molecule has 0 saturated carbocycles. The lowest BCUT2D eigenvalue weighted by Crippen LogP contribution is -1.96. The molecule has 1 aromatic heterocycles. The van der Waals surface area contributed by atoms with Crippen LogP contribution in [0.3, 0.4) is 0 Å². The Hall–Kier alpha value is -1.49. The maximum Gasteiger partial charge on any atom is 0.157 e. The van der Waals surface area contributed by atoms with Gasteiger partial charge < -0.3 is 5.73 Å². The summed E-state index contributed by atoms with van der Waals surface area (Å²) in [6, 6.07) is 4.26. The lowest BCUT2D eigenvalue weighted by molar-refractivity contribution is 0.594. The van der Waals surface area contributed by atoms with Crippen LogP contribution in [0.5, 0.6) is 0 Å². The predicted molar refractivity (Wildman–Crippen MR) is 56.6 cm³/mol. The first-order valence-electron chi connectivity index (χ1n) is 4.26. The van der Waals surface area contributed by atoms with Crippen LogP contribution in [-0.2, 0) is 0 Å². The lowest BCUT2D eigenvalue weighted by atomic mass is 10.1. The van der Waals surface area contributed by atoms with E-state index in [-0.39, 0.29) is 0 Å². The van der Waals surface area contributed by atoms with Gasteiger partial charge in [-0.2, -0.15) is 4.37 Å². The number of nitrogen functional groups attached to an aromatic ring is 1. The Kier molecular flexibility index (Phi) is 2.40. The van der Waals surface area contributed by atoms with E-state index in [1.807, 2.05) is 6.92 Å². The quantitative estimate of drug-likeness (QED) is 0.759. The SMILES string of the molecule is Cc1cc(-c2ccc(F)c(N)c2F)sn1. The molecule has 0 spiro atoms. The molecule has 0 aliphatic carbocycles. The van der Waals surface area contributed by atoms with Crippen molar-refractivity contribution in [2.75, 3.05) is 5.73 Å². The van der Waals surface area contributed by atoms with E-state index in [9.17, 15) is 8.78 Å². The Labute approximate surface area is 89.5 Å². The summed E-state index contributed by atoms with van der Waals surface area (Å²) >= 11 is 1.16. The number of anilines is 1. The van der Waals surface area contributed by atoms with Crippen LogP contribution in [-0.4, -0.2) is 4.37 Å². The van der Waals surface area contributed by atoms with Gasteiger partial charge in [-0.15, -0.1) is 0 Å². The molecule has 1 heterocycles. The summed E-state index contributed by atoms with van der Waals surface area (Å²) in [5, 5.41) is 0. The van der Waals surface area contributed by atoms with Crippen molar-refractivity contribution in [3.8, 4) is 10.4 Å². The number of aryl methyl sites for hydroxylation is 1. The second kappa shape index (κ2) is 3.58. The van der Waals surface area contributed by atoms with Gasteiger partial charge in [-0.1, -0.05) is 0 Å².